The number of para-hydroxylation sites is 1. The molecule has 3 nitrogen and oxygen atoms in total. The molecule has 0 fully saturated rings. The molecule has 1 unspecified atom stereocenters. The Balaban J connectivity index is 1.45. The van der Waals surface area contributed by atoms with Crippen molar-refractivity contribution >= 4 is 38.7 Å². The number of carbonyl (C=O) groups excluding carboxylic acids is 1. The average molecular weight is 501 g/mol. The third-order valence-electron chi connectivity index (χ3n) is 8.17. The van der Waals surface area contributed by atoms with Crippen molar-refractivity contribution in [2.24, 2.45) is 5.41 Å². The molecule has 0 amide bonds. The van der Waals surface area contributed by atoms with Gasteiger partial charge in [0.05, 0.1) is 12.6 Å². The topological polar surface area (TPSA) is 34.0 Å². The number of allylic oxidation sites excluding steroid dienone is 1. The molecule has 1 aromatic heterocycles. The van der Waals surface area contributed by atoms with E-state index in [1.54, 1.807) is 6.07 Å². The zero-order chi connectivity index (χ0) is 26.0. The summed E-state index contributed by atoms with van der Waals surface area (Å²) >= 11 is 0. The number of Topliss-reactive ketones (excluding diaryl/α,β-unsaturated/α-hetero) is 1. The molecule has 2 aliphatic rings. The Bertz CT molecular complexity index is 1790. The molecule has 1 atom stereocenters. The Morgan fingerprint density at radius 3 is 2.47 bits per heavy atom. The first-order valence-corrected chi connectivity index (χ1v) is 13.3. The maximum absolute atomic E-state index is 14.6. The van der Waals surface area contributed by atoms with Gasteiger partial charge in [-0.15, -0.1) is 0 Å². The van der Waals surface area contributed by atoms with Gasteiger partial charge in [0.25, 0.3) is 0 Å². The van der Waals surface area contributed by atoms with Gasteiger partial charge in [-0.25, -0.2) is 4.39 Å². The van der Waals surface area contributed by atoms with Crippen molar-refractivity contribution in [3.63, 3.8) is 0 Å². The SMILES string of the molecule is CC1(C)CC(=O)C2=C(C1)c1c(ccc3ccccc13)NC2c1cn(Cc2ccccc2F)c2ccccc12. The van der Waals surface area contributed by atoms with Gasteiger partial charge in [-0.1, -0.05) is 80.6 Å². The maximum atomic E-state index is 14.6. The lowest BCUT2D eigenvalue weighted by atomic mass is 9.68. The van der Waals surface area contributed by atoms with E-state index in [0.29, 0.717) is 18.5 Å². The molecule has 0 saturated carbocycles. The van der Waals surface area contributed by atoms with Crippen LogP contribution in [0.25, 0.3) is 27.2 Å². The largest absolute Gasteiger partial charge is 0.373 e. The lowest BCUT2D eigenvalue weighted by molar-refractivity contribution is -0.118. The predicted molar refractivity (Wildman–Crippen MR) is 153 cm³/mol. The molecular weight excluding hydrogens is 471 g/mol. The van der Waals surface area contributed by atoms with Gasteiger partial charge in [0.2, 0.25) is 0 Å². The monoisotopic (exact) mass is 500 g/mol. The quantitative estimate of drug-likeness (QED) is 0.270. The van der Waals surface area contributed by atoms with Gasteiger partial charge in [0.1, 0.15) is 5.82 Å². The number of halogens is 1. The molecule has 2 heterocycles. The summed E-state index contributed by atoms with van der Waals surface area (Å²) in [6.07, 6.45) is 3.48. The van der Waals surface area contributed by atoms with Crippen molar-refractivity contribution in [1.29, 1.82) is 0 Å². The molecule has 5 aromatic rings. The second-order valence-electron chi connectivity index (χ2n) is 11.4. The van der Waals surface area contributed by atoms with Gasteiger partial charge in [0.15, 0.2) is 5.78 Å². The van der Waals surface area contributed by atoms with Crippen molar-refractivity contribution in [1.82, 2.24) is 4.57 Å². The number of rotatable bonds is 3. The van der Waals surface area contributed by atoms with Crippen molar-refractivity contribution in [2.45, 2.75) is 39.3 Å². The molecule has 1 aliphatic carbocycles. The summed E-state index contributed by atoms with van der Waals surface area (Å²) in [5.74, 6) is -0.00335. The Morgan fingerprint density at radius 2 is 1.63 bits per heavy atom. The van der Waals surface area contributed by atoms with Gasteiger partial charge in [0, 0.05) is 51.5 Å². The number of nitrogens with one attached hydrogen (secondary N) is 1. The minimum atomic E-state index is -0.269. The normalized spacial score (nSPS) is 18.4. The van der Waals surface area contributed by atoms with Crippen LogP contribution in [0, 0.1) is 11.2 Å². The van der Waals surface area contributed by atoms with Crippen LogP contribution < -0.4 is 5.32 Å². The number of aromatic nitrogens is 1. The van der Waals surface area contributed by atoms with E-state index in [4.69, 9.17) is 0 Å². The van der Waals surface area contributed by atoms with E-state index in [1.807, 2.05) is 24.3 Å². The highest BCUT2D eigenvalue weighted by atomic mass is 19.1. The summed E-state index contributed by atoms with van der Waals surface area (Å²) < 4.78 is 16.7. The number of fused-ring (bicyclic) bond motifs is 5. The van der Waals surface area contributed by atoms with Crippen molar-refractivity contribution < 1.29 is 9.18 Å². The summed E-state index contributed by atoms with van der Waals surface area (Å²) in [7, 11) is 0. The molecule has 188 valence electrons. The highest BCUT2D eigenvalue weighted by molar-refractivity contribution is 6.13. The smallest absolute Gasteiger partial charge is 0.162 e. The first-order valence-electron chi connectivity index (χ1n) is 13.3. The number of hydrogen-bond donors (Lipinski definition) is 1. The molecule has 38 heavy (non-hydrogen) atoms. The van der Waals surface area contributed by atoms with Crippen LogP contribution >= 0.6 is 0 Å². The Morgan fingerprint density at radius 1 is 0.895 bits per heavy atom. The summed E-state index contributed by atoms with van der Waals surface area (Å²) in [6, 6.07) is 27.6. The van der Waals surface area contributed by atoms with Gasteiger partial charge >= 0.3 is 0 Å². The molecule has 4 aromatic carbocycles. The van der Waals surface area contributed by atoms with Gasteiger partial charge in [-0.05, 0) is 46.4 Å². The van der Waals surface area contributed by atoms with Gasteiger partial charge < -0.3 is 9.88 Å². The number of nitrogens with zero attached hydrogens (tertiary/aromatic N) is 1. The van der Waals surface area contributed by atoms with Gasteiger partial charge in [-0.3, -0.25) is 4.79 Å². The Labute approximate surface area is 221 Å². The first-order chi connectivity index (χ1) is 18.4. The van der Waals surface area contributed by atoms with Crippen LogP contribution in [0.4, 0.5) is 10.1 Å². The number of benzene rings is 4. The lowest BCUT2D eigenvalue weighted by Crippen LogP contribution is -2.33. The molecule has 0 spiro atoms. The third-order valence-corrected chi connectivity index (χ3v) is 8.17. The molecular formula is C34H29FN2O. The van der Waals surface area contributed by atoms with Crippen LogP contribution in [-0.4, -0.2) is 10.4 Å². The van der Waals surface area contributed by atoms with Crippen molar-refractivity contribution in [3.05, 3.63) is 119 Å². The van der Waals surface area contributed by atoms with Crippen LogP contribution in [0.5, 0.6) is 0 Å². The van der Waals surface area contributed by atoms with Crippen LogP contribution in [0.3, 0.4) is 0 Å². The third kappa shape index (κ3) is 3.59. The van der Waals surface area contributed by atoms with Crippen LogP contribution in [0.2, 0.25) is 0 Å². The van der Waals surface area contributed by atoms with E-state index in [2.05, 4.69) is 78.5 Å². The van der Waals surface area contributed by atoms with Crippen LogP contribution in [0.1, 0.15) is 49.4 Å². The second-order valence-corrected chi connectivity index (χ2v) is 11.4. The molecule has 4 heteroatoms. The van der Waals surface area contributed by atoms with Crippen molar-refractivity contribution in [3.8, 4) is 0 Å². The highest BCUT2D eigenvalue weighted by Gasteiger charge is 2.41. The molecule has 1 aliphatic heterocycles. The van der Waals surface area contributed by atoms with E-state index in [9.17, 15) is 9.18 Å². The fraction of sp³-hybridized carbons (Fsp3) is 0.206. The number of carbonyl (C=O) groups is 1. The van der Waals surface area contributed by atoms with Crippen LogP contribution in [0.15, 0.2) is 96.7 Å². The zero-order valence-electron chi connectivity index (χ0n) is 21.6. The Kier molecular flexibility index (Phi) is 5.09. The first kappa shape index (κ1) is 23.0. The molecule has 0 saturated heterocycles. The fourth-order valence-corrected chi connectivity index (χ4v) is 6.52. The summed E-state index contributed by atoms with van der Waals surface area (Å²) in [6.45, 7) is 4.81. The maximum Gasteiger partial charge on any atom is 0.162 e. The lowest BCUT2D eigenvalue weighted by Gasteiger charge is -2.40. The van der Waals surface area contributed by atoms with Crippen molar-refractivity contribution in [2.75, 3.05) is 5.32 Å². The van der Waals surface area contributed by atoms with Crippen LogP contribution in [-0.2, 0) is 11.3 Å². The van der Waals surface area contributed by atoms with E-state index < -0.39 is 0 Å². The molecule has 0 radical (unpaired) electrons. The number of anilines is 1. The van der Waals surface area contributed by atoms with Gasteiger partial charge in [-0.2, -0.15) is 0 Å². The van der Waals surface area contributed by atoms with E-state index in [1.165, 1.54) is 16.8 Å². The molecule has 0 bridgehead atoms. The number of ketones is 1. The fourth-order valence-electron chi connectivity index (χ4n) is 6.52. The van der Waals surface area contributed by atoms with E-state index in [0.717, 1.165) is 45.3 Å². The summed E-state index contributed by atoms with van der Waals surface area (Å²) in [5.41, 5.74) is 6.87. The average Bonchev–Trinajstić information content (AvgIpc) is 3.26. The van der Waals surface area contributed by atoms with E-state index >= 15 is 0 Å². The second kappa shape index (κ2) is 8.42. The predicted octanol–water partition coefficient (Wildman–Crippen LogP) is 8.29. The minimum Gasteiger partial charge on any atom is -0.373 e. The molecule has 1 N–H and O–H groups in total. The number of hydrogen-bond acceptors (Lipinski definition) is 2. The summed E-state index contributed by atoms with van der Waals surface area (Å²) in [5, 5.41) is 7.21. The standard InChI is InChI=1S/C34H29FN2O/c1-34(2)17-25-31-23-11-5-3-9-21(23)15-16-28(31)36-33(32(25)30(38)18-34)26-20-37(29-14-8-6-12-24(26)29)19-22-10-4-7-13-27(22)35/h3-16,20,33,36H,17-19H2,1-2H3. The Hall–Kier alpha value is -4.18. The minimum absolute atomic E-state index is 0.106. The molecule has 7 rings (SSSR count). The summed E-state index contributed by atoms with van der Waals surface area (Å²) in [4.78, 5) is 13.9. The van der Waals surface area contributed by atoms with E-state index in [-0.39, 0.29) is 23.1 Å². The zero-order valence-corrected chi connectivity index (χ0v) is 21.6. The highest BCUT2D eigenvalue weighted by Crippen LogP contribution is 2.52.